The largest absolute Gasteiger partial charge is 0.489 e. The van der Waals surface area contributed by atoms with Gasteiger partial charge in [0.2, 0.25) is 0 Å². The predicted octanol–water partition coefficient (Wildman–Crippen LogP) is 4.60. The van der Waals surface area contributed by atoms with E-state index >= 15 is 0 Å². The number of ether oxygens (including phenoxy) is 3. The predicted molar refractivity (Wildman–Crippen MR) is 102 cm³/mol. The topological polar surface area (TPSA) is 60.9 Å². The molecular weight excluding hydrogens is 447 g/mol. The Bertz CT molecular complexity index is 875. The molecule has 3 rings (SSSR count). The van der Waals surface area contributed by atoms with Gasteiger partial charge in [0.15, 0.2) is 10.8 Å². The number of rotatable bonds is 8. The molecule has 6 nitrogen and oxygen atoms in total. The molecule has 1 aliphatic rings. The zero-order valence-electron chi connectivity index (χ0n) is 16.3. The molecular formula is C19H19F5N2O4S. The highest BCUT2D eigenvalue weighted by Crippen LogP contribution is 2.33. The second kappa shape index (κ2) is 9.77. The van der Waals surface area contributed by atoms with E-state index in [1.165, 1.54) is 17.5 Å². The van der Waals surface area contributed by atoms with E-state index in [2.05, 4.69) is 9.72 Å². The van der Waals surface area contributed by atoms with Crippen molar-refractivity contribution in [3.8, 4) is 5.75 Å². The summed E-state index contributed by atoms with van der Waals surface area (Å²) in [5.74, 6) is -0.373. The minimum absolute atomic E-state index is 0.0995. The monoisotopic (exact) mass is 466 g/mol. The zero-order valence-corrected chi connectivity index (χ0v) is 17.1. The van der Waals surface area contributed by atoms with E-state index in [-0.39, 0.29) is 37.6 Å². The number of benzene rings is 1. The van der Waals surface area contributed by atoms with Crippen molar-refractivity contribution >= 4 is 22.4 Å². The molecule has 0 bridgehead atoms. The van der Waals surface area contributed by atoms with E-state index in [4.69, 9.17) is 9.47 Å². The second-order valence-electron chi connectivity index (χ2n) is 6.63. The summed E-state index contributed by atoms with van der Waals surface area (Å²) in [5, 5.41) is 1.91. The fraction of sp³-hybridized carbons (Fsp3) is 0.474. The van der Waals surface area contributed by atoms with Crippen LogP contribution in [-0.2, 0) is 15.7 Å². The number of halogens is 5. The first kappa shape index (κ1) is 23.2. The third kappa shape index (κ3) is 6.03. The van der Waals surface area contributed by atoms with Gasteiger partial charge in [-0.2, -0.15) is 22.0 Å². The molecule has 1 saturated heterocycles. The number of thiazole rings is 1. The number of hydrogen-bond acceptors (Lipinski definition) is 7. The summed E-state index contributed by atoms with van der Waals surface area (Å²) in [6, 6.07) is 3.71. The van der Waals surface area contributed by atoms with Gasteiger partial charge in [-0.15, -0.1) is 11.3 Å². The summed E-state index contributed by atoms with van der Waals surface area (Å²) in [6.07, 6.45) is -4.68. The summed E-state index contributed by atoms with van der Waals surface area (Å²) in [7, 11) is 0. The lowest BCUT2D eigenvalue weighted by molar-refractivity contribution is -0.137. The first-order chi connectivity index (χ1) is 14.7. The number of carbonyl (C=O) groups excluding carboxylic acids is 1. The van der Waals surface area contributed by atoms with Gasteiger partial charge in [0.05, 0.1) is 31.4 Å². The average Bonchev–Trinajstić information content (AvgIpc) is 3.33. The van der Waals surface area contributed by atoms with E-state index in [1.54, 1.807) is 11.8 Å². The summed E-state index contributed by atoms with van der Waals surface area (Å²) in [6.45, 7) is -1.19. The molecule has 0 radical (unpaired) electrons. The lowest BCUT2D eigenvalue weighted by Crippen LogP contribution is -2.34. The maximum absolute atomic E-state index is 12.7. The average molecular weight is 466 g/mol. The molecule has 2 aromatic rings. The number of esters is 1. The number of hydrogen-bond donors (Lipinski definition) is 0. The quantitative estimate of drug-likeness (QED) is 0.419. The smallest absolute Gasteiger partial charge is 0.416 e. The van der Waals surface area contributed by atoms with Crippen molar-refractivity contribution in [2.45, 2.75) is 38.3 Å². The van der Waals surface area contributed by atoms with Crippen LogP contribution in [0.3, 0.4) is 0 Å². The van der Waals surface area contributed by atoms with Crippen molar-refractivity contribution < 1.29 is 41.0 Å². The van der Waals surface area contributed by atoms with Gasteiger partial charge in [-0.1, -0.05) is 0 Å². The number of nitrogens with zero attached hydrogens (tertiary/aromatic N) is 2. The van der Waals surface area contributed by atoms with E-state index in [9.17, 15) is 26.7 Å². The Morgan fingerprint density at radius 2 is 2.00 bits per heavy atom. The van der Waals surface area contributed by atoms with Crippen LogP contribution in [0.4, 0.5) is 27.1 Å². The molecule has 31 heavy (non-hydrogen) atoms. The van der Waals surface area contributed by atoms with Crippen LogP contribution in [0.5, 0.6) is 5.75 Å². The summed E-state index contributed by atoms with van der Waals surface area (Å²) in [4.78, 5) is 17.7. The van der Waals surface area contributed by atoms with Crippen molar-refractivity contribution in [1.82, 2.24) is 4.98 Å². The van der Waals surface area contributed by atoms with Gasteiger partial charge < -0.3 is 19.1 Å². The molecule has 0 amide bonds. The summed E-state index contributed by atoms with van der Waals surface area (Å²) in [5.41, 5.74) is -0.701. The van der Waals surface area contributed by atoms with Crippen LogP contribution in [0.1, 0.15) is 29.4 Å². The maximum atomic E-state index is 12.7. The van der Waals surface area contributed by atoms with Crippen molar-refractivity contribution in [2.24, 2.45) is 0 Å². The van der Waals surface area contributed by atoms with Gasteiger partial charge in [-0.3, -0.25) is 0 Å². The summed E-state index contributed by atoms with van der Waals surface area (Å²) < 4.78 is 78.3. The Balaban J connectivity index is 1.72. The first-order valence-electron chi connectivity index (χ1n) is 9.30. The zero-order chi connectivity index (χ0) is 22.6. The van der Waals surface area contributed by atoms with Crippen molar-refractivity contribution in [2.75, 3.05) is 24.7 Å². The minimum atomic E-state index is -4.46. The molecule has 1 aromatic carbocycles. The molecule has 1 aliphatic heterocycles. The molecule has 2 atom stereocenters. The third-order valence-corrected chi connectivity index (χ3v) is 5.38. The van der Waals surface area contributed by atoms with E-state index in [1.807, 2.05) is 0 Å². The highest BCUT2D eigenvalue weighted by molar-refractivity contribution is 7.13. The molecule has 1 fully saturated rings. The highest BCUT2D eigenvalue weighted by Gasteiger charge is 2.36. The van der Waals surface area contributed by atoms with Gasteiger partial charge in [0.25, 0.3) is 0 Å². The molecule has 1 aromatic heterocycles. The van der Waals surface area contributed by atoms with Crippen molar-refractivity contribution in [3.63, 3.8) is 0 Å². The SMILES string of the molecule is CCOC(=O)c1csc(N2C[C@@H](Oc3ccc(C(F)(F)F)cc3)C[C@H]2COC(F)F)n1. The maximum Gasteiger partial charge on any atom is 0.416 e. The van der Waals surface area contributed by atoms with Gasteiger partial charge >= 0.3 is 18.8 Å². The molecule has 0 aliphatic carbocycles. The van der Waals surface area contributed by atoms with Crippen LogP contribution < -0.4 is 9.64 Å². The van der Waals surface area contributed by atoms with Crippen LogP contribution >= 0.6 is 11.3 Å². The molecule has 0 N–H and O–H groups in total. The Morgan fingerprint density at radius 3 is 2.61 bits per heavy atom. The molecule has 0 spiro atoms. The van der Waals surface area contributed by atoms with Crippen LogP contribution in [0, 0.1) is 0 Å². The van der Waals surface area contributed by atoms with E-state index < -0.39 is 36.5 Å². The van der Waals surface area contributed by atoms with Crippen LogP contribution in [0.25, 0.3) is 0 Å². The Labute approximate surface area is 178 Å². The molecule has 12 heteroatoms. The normalized spacial score (nSPS) is 19.1. The van der Waals surface area contributed by atoms with E-state index in [0.29, 0.717) is 5.13 Å². The minimum Gasteiger partial charge on any atom is -0.489 e. The van der Waals surface area contributed by atoms with Gasteiger partial charge in [0, 0.05) is 11.8 Å². The first-order valence-corrected chi connectivity index (χ1v) is 10.2. The van der Waals surface area contributed by atoms with Crippen molar-refractivity contribution in [3.05, 3.63) is 40.9 Å². The molecule has 0 saturated carbocycles. The lowest BCUT2D eigenvalue weighted by Gasteiger charge is -2.23. The van der Waals surface area contributed by atoms with Gasteiger partial charge in [0.1, 0.15) is 11.9 Å². The van der Waals surface area contributed by atoms with Gasteiger partial charge in [-0.25, -0.2) is 9.78 Å². The number of anilines is 1. The Kier molecular flexibility index (Phi) is 7.31. The highest BCUT2D eigenvalue weighted by atomic mass is 32.1. The Morgan fingerprint density at radius 1 is 1.29 bits per heavy atom. The fourth-order valence-corrected chi connectivity index (χ4v) is 4.02. The van der Waals surface area contributed by atoms with Crippen molar-refractivity contribution in [1.29, 1.82) is 0 Å². The molecule has 0 unspecified atom stereocenters. The molecule has 2 heterocycles. The number of aromatic nitrogens is 1. The summed E-state index contributed by atoms with van der Waals surface area (Å²) >= 11 is 1.14. The molecule has 170 valence electrons. The lowest BCUT2D eigenvalue weighted by atomic mass is 10.2. The second-order valence-corrected chi connectivity index (χ2v) is 7.47. The number of alkyl halides is 5. The van der Waals surface area contributed by atoms with Crippen LogP contribution in [0.15, 0.2) is 29.6 Å². The Hall–Kier alpha value is -2.47. The van der Waals surface area contributed by atoms with Gasteiger partial charge in [-0.05, 0) is 31.2 Å². The third-order valence-electron chi connectivity index (χ3n) is 4.50. The van der Waals surface area contributed by atoms with Crippen LogP contribution in [0.2, 0.25) is 0 Å². The number of carbonyl (C=O) groups is 1. The van der Waals surface area contributed by atoms with Crippen LogP contribution in [-0.4, -0.2) is 49.5 Å². The standard InChI is InChI=1S/C19H19F5N2O4S/c1-2-28-16(27)15-10-31-18(25-15)26-8-14(7-12(26)9-29-17(20)21)30-13-5-3-11(4-6-13)19(22,23)24/h3-6,10,12,14,17H,2,7-9H2,1H3/t12-,14-/m0/s1. The fourth-order valence-electron chi connectivity index (χ4n) is 3.15. The van der Waals surface area contributed by atoms with E-state index in [0.717, 1.165) is 23.5 Å².